The van der Waals surface area contributed by atoms with Crippen LogP contribution in [0.5, 0.6) is 0 Å². The zero-order valence-electron chi connectivity index (χ0n) is 8.29. The minimum atomic E-state index is 0.680. The molecule has 1 saturated heterocycles. The summed E-state index contributed by atoms with van der Waals surface area (Å²) in [5.41, 5.74) is 0. The second-order valence-electron chi connectivity index (χ2n) is 3.79. The average Bonchev–Trinajstić information content (AvgIpc) is 2.53. The van der Waals surface area contributed by atoms with E-state index in [1.165, 1.54) is 35.8 Å². The first-order valence-electron chi connectivity index (χ1n) is 4.96. The highest BCUT2D eigenvalue weighted by Crippen LogP contribution is 2.27. The Morgan fingerprint density at radius 1 is 1.54 bits per heavy atom. The minimum Gasteiger partial charge on any atom is -0.345 e. The zero-order valence-corrected chi connectivity index (χ0v) is 9.10. The Balaban J connectivity index is 2.14. The summed E-state index contributed by atoms with van der Waals surface area (Å²) in [4.78, 5) is 8.19. The first kappa shape index (κ1) is 9.00. The molecule has 1 fully saturated rings. The Morgan fingerprint density at radius 3 is 3.00 bits per heavy atom. The number of hydrogen-bond acceptors (Lipinski definition) is 3. The van der Waals surface area contributed by atoms with Crippen LogP contribution < -0.4 is 4.90 Å². The van der Waals surface area contributed by atoms with Crippen LogP contribution in [0.2, 0.25) is 0 Å². The van der Waals surface area contributed by atoms with Gasteiger partial charge in [-0.1, -0.05) is 0 Å². The maximum atomic E-state index is 4.43. The Morgan fingerprint density at radius 2 is 2.38 bits per heavy atom. The van der Waals surface area contributed by atoms with Gasteiger partial charge in [0.1, 0.15) is 0 Å². The number of anilines is 1. The van der Waals surface area contributed by atoms with Gasteiger partial charge in [0, 0.05) is 23.7 Å². The summed E-state index contributed by atoms with van der Waals surface area (Å²) in [6.07, 6.45) is 5.99. The molecule has 13 heavy (non-hydrogen) atoms. The fourth-order valence-electron chi connectivity index (χ4n) is 1.86. The molecule has 0 amide bonds. The minimum absolute atomic E-state index is 0.680. The average molecular weight is 196 g/mol. The lowest BCUT2D eigenvalue weighted by Gasteiger charge is -2.32. The molecule has 0 aromatic carbocycles. The predicted octanol–water partition coefficient (Wildman–Crippen LogP) is 2.83. The van der Waals surface area contributed by atoms with E-state index in [4.69, 9.17) is 0 Å². The normalized spacial score (nSPS) is 23.5. The van der Waals surface area contributed by atoms with Crippen LogP contribution in [0.4, 0.5) is 5.13 Å². The SMILES string of the molecule is Cc1cnc(N2CCCCC2C)s1. The van der Waals surface area contributed by atoms with Gasteiger partial charge in [0.15, 0.2) is 5.13 Å². The molecule has 1 unspecified atom stereocenters. The molecule has 2 rings (SSSR count). The van der Waals surface area contributed by atoms with Crippen LogP contribution in [-0.4, -0.2) is 17.6 Å². The Hall–Kier alpha value is -0.570. The molecule has 2 heterocycles. The lowest BCUT2D eigenvalue weighted by atomic mass is 10.1. The topological polar surface area (TPSA) is 16.1 Å². The number of thiazole rings is 1. The monoisotopic (exact) mass is 196 g/mol. The molecule has 1 aromatic heterocycles. The number of aromatic nitrogens is 1. The molecule has 1 aliphatic heterocycles. The summed E-state index contributed by atoms with van der Waals surface area (Å²) in [5.74, 6) is 0. The molecule has 72 valence electrons. The lowest BCUT2D eigenvalue weighted by molar-refractivity contribution is 0.484. The molecule has 0 radical (unpaired) electrons. The highest BCUT2D eigenvalue weighted by molar-refractivity contribution is 7.15. The van der Waals surface area contributed by atoms with Gasteiger partial charge in [-0.2, -0.15) is 0 Å². The van der Waals surface area contributed by atoms with Crippen molar-refractivity contribution in [3.63, 3.8) is 0 Å². The van der Waals surface area contributed by atoms with E-state index in [1.807, 2.05) is 17.5 Å². The molecule has 0 bridgehead atoms. The molecule has 3 heteroatoms. The number of nitrogens with zero attached hydrogens (tertiary/aromatic N) is 2. The number of hydrogen-bond donors (Lipinski definition) is 0. The molecule has 0 saturated carbocycles. The van der Waals surface area contributed by atoms with Crippen molar-refractivity contribution < 1.29 is 0 Å². The van der Waals surface area contributed by atoms with Crippen molar-refractivity contribution in [1.82, 2.24) is 4.98 Å². The Kier molecular flexibility index (Phi) is 2.54. The smallest absolute Gasteiger partial charge is 0.185 e. The van der Waals surface area contributed by atoms with E-state index in [1.54, 1.807) is 0 Å². The van der Waals surface area contributed by atoms with Crippen LogP contribution in [0.15, 0.2) is 6.20 Å². The van der Waals surface area contributed by atoms with Gasteiger partial charge in [-0.05, 0) is 33.1 Å². The van der Waals surface area contributed by atoms with Gasteiger partial charge in [-0.25, -0.2) is 4.98 Å². The van der Waals surface area contributed by atoms with Crippen molar-refractivity contribution in [1.29, 1.82) is 0 Å². The van der Waals surface area contributed by atoms with Crippen molar-refractivity contribution in [2.75, 3.05) is 11.4 Å². The van der Waals surface area contributed by atoms with Crippen LogP contribution in [0, 0.1) is 6.92 Å². The largest absolute Gasteiger partial charge is 0.345 e. The van der Waals surface area contributed by atoms with Gasteiger partial charge in [-0.15, -0.1) is 11.3 Å². The number of rotatable bonds is 1. The Labute approximate surface area is 83.6 Å². The van der Waals surface area contributed by atoms with Crippen LogP contribution in [0.25, 0.3) is 0 Å². The van der Waals surface area contributed by atoms with Gasteiger partial charge in [0.2, 0.25) is 0 Å². The molecule has 0 aliphatic carbocycles. The van der Waals surface area contributed by atoms with Gasteiger partial charge in [-0.3, -0.25) is 0 Å². The molecule has 1 atom stereocenters. The molecular weight excluding hydrogens is 180 g/mol. The summed E-state index contributed by atoms with van der Waals surface area (Å²) in [7, 11) is 0. The maximum Gasteiger partial charge on any atom is 0.185 e. The van der Waals surface area contributed by atoms with E-state index in [0.29, 0.717) is 6.04 Å². The van der Waals surface area contributed by atoms with E-state index >= 15 is 0 Å². The van der Waals surface area contributed by atoms with E-state index in [0.717, 1.165) is 0 Å². The summed E-state index contributed by atoms with van der Waals surface area (Å²) >= 11 is 1.81. The molecule has 2 nitrogen and oxygen atoms in total. The predicted molar refractivity (Wildman–Crippen MR) is 57.5 cm³/mol. The van der Waals surface area contributed by atoms with Crippen LogP contribution in [0.3, 0.4) is 0 Å². The quantitative estimate of drug-likeness (QED) is 0.686. The number of aryl methyl sites for hydroxylation is 1. The molecular formula is C10H16N2S. The lowest BCUT2D eigenvalue weighted by Crippen LogP contribution is -2.37. The highest BCUT2D eigenvalue weighted by Gasteiger charge is 2.20. The summed E-state index contributed by atoms with van der Waals surface area (Å²) in [6, 6.07) is 0.680. The van der Waals surface area contributed by atoms with E-state index in [9.17, 15) is 0 Å². The van der Waals surface area contributed by atoms with Crippen LogP contribution >= 0.6 is 11.3 Å². The molecule has 0 spiro atoms. The van der Waals surface area contributed by atoms with Crippen molar-refractivity contribution in [2.45, 2.75) is 39.2 Å². The fraction of sp³-hybridized carbons (Fsp3) is 0.700. The Bertz CT molecular complexity index is 282. The summed E-state index contributed by atoms with van der Waals surface area (Å²) in [6.45, 7) is 5.61. The third-order valence-electron chi connectivity index (χ3n) is 2.66. The highest BCUT2D eigenvalue weighted by atomic mass is 32.1. The standard InChI is InChI=1S/C10H16N2S/c1-8-5-3-4-6-12(8)10-11-7-9(2)13-10/h7-8H,3-6H2,1-2H3. The summed E-state index contributed by atoms with van der Waals surface area (Å²) in [5, 5.41) is 1.21. The maximum absolute atomic E-state index is 4.43. The number of piperidine rings is 1. The summed E-state index contributed by atoms with van der Waals surface area (Å²) < 4.78 is 0. The van der Waals surface area contributed by atoms with Crippen LogP contribution in [0.1, 0.15) is 31.1 Å². The first-order valence-corrected chi connectivity index (χ1v) is 5.78. The van der Waals surface area contributed by atoms with Gasteiger partial charge < -0.3 is 4.90 Å². The van der Waals surface area contributed by atoms with Gasteiger partial charge >= 0.3 is 0 Å². The third-order valence-corrected chi connectivity index (χ3v) is 3.61. The van der Waals surface area contributed by atoms with Crippen LogP contribution in [-0.2, 0) is 0 Å². The second-order valence-corrected chi connectivity index (χ2v) is 5.00. The first-order chi connectivity index (χ1) is 6.27. The van der Waals surface area contributed by atoms with Crippen molar-refractivity contribution >= 4 is 16.5 Å². The molecule has 1 aliphatic rings. The van der Waals surface area contributed by atoms with Gasteiger partial charge in [0.05, 0.1) is 0 Å². The van der Waals surface area contributed by atoms with Crippen molar-refractivity contribution in [3.05, 3.63) is 11.1 Å². The van der Waals surface area contributed by atoms with Crippen molar-refractivity contribution in [3.8, 4) is 0 Å². The molecule has 0 N–H and O–H groups in total. The van der Waals surface area contributed by atoms with Crippen molar-refractivity contribution in [2.24, 2.45) is 0 Å². The second kappa shape index (κ2) is 3.66. The fourth-order valence-corrected chi connectivity index (χ4v) is 2.75. The third kappa shape index (κ3) is 1.85. The van der Waals surface area contributed by atoms with E-state index in [2.05, 4.69) is 23.7 Å². The molecule has 1 aromatic rings. The van der Waals surface area contributed by atoms with E-state index < -0.39 is 0 Å². The zero-order chi connectivity index (χ0) is 9.26. The van der Waals surface area contributed by atoms with E-state index in [-0.39, 0.29) is 0 Å². The van der Waals surface area contributed by atoms with Gasteiger partial charge in [0.25, 0.3) is 0 Å².